The summed E-state index contributed by atoms with van der Waals surface area (Å²) in [7, 11) is 0. The van der Waals surface area contributed by atoms with E-state index in [1.165, 1.54) is 25.0 Å². The zero-order valence-corrected chi connectivity index (χ0v) is 10.6. The maximum absolute atomic E-state index is 4.53. The molecular weight excluding hydrogens is 194 g/mol. The van der Waals surface area contributed by atoms with Gasteiger partial charge in [-0.3, -0.25) is 4.98 Å². The second kappa shape index (κ2) is 4.99. The van der Waals surface area contributed by atoms with Gasteiger partial charge < -0.3 is 0 Å². The van der Waals surface area contributed by atoms with E-state index < -0.39 is 0 Å². The lowest BCUT2D eigenvalue weighted by molar-refractivity contribution is 0.272. The lowest BCUT2D eigenvalue weighted by Gasteiger charge is -2.36. The zero-order chi connectivity index (χ0) is 11.5. The first kappa shape index (κ1) is 11.6. The molecule has 1 heterocycles. The molecule has 1 saturated carbocycles. The van der Waals surface area contributed by atoms with Crippen LogP contribution in [-0.2, 0) is 0 Å². The van der Waals surface area contributed by atoms with Gasteiger partial charge in [-0.2, -0.15) is 0 Å². The minimum absolute atomic E-state index is 0.740. The van der Waals surface area contributed by atoms with Gasteiger partial charge >= 0.3 is 0 Å². The molecule has 2 rings (SSSR count). The van der Waals surface area contributed by atoms with Crippen molar-refractivity contribution in [2.24, 2.45) is 17.8 Å². The Morgan fingerprint density at radius 2 is 2.06 bits per heavy atom. The van der Waals surface area contributed by atoms with Crippen molar-refractivity contribution in [2.45, 2.75) is 40.0 Å². The first-order valence-corrected chi connectivity index (χ1v) is 6.45. The third kappa shape index (κ3) is 2.45. The van der Waals surface area contributed by atoms with Gasteiger partial charge in [0.05, 0.1) is 0 Å². The Morgan fingerprint density at radius 1 is 1.25 bits per heavy atom. The van der Waals surface area contributed by atoms with Crippen LogP contribution in [0.5, 0.6) is 0 Å². The highest BCUT2D eigenvalue weighted by Crippen LogP contribution is 2.42. The lowest BCUT2D eigenvalue weighted by Crippen LogP contribution is -2.27. The lowest BCUT2D eigenvalue weighted by atomic mass is 9.69. The summed E-state index contributed by atoms with van der Waals surface area (Å²) in [5, 5.41) is 0. The molecule has 0 N–H and O–H groups in total. The third-order valence-electron chi connectivity index (χ3n) is 3.79. The SMILES string of the molecule is CC1CCC(C(C)C)[C](c2ccccn2)C1. The molecular formula is C15H22N. The van der Waals surface area contributed by atoms with Gasteiger partial charge in [-0.25, -0.2) is 0 Å². The van der Waals surface area contributed by atoms with Crippen LogP contribution in [0.4, 0.5) is 0 Å². The van der Waals surface area contributed by atoms with Crippen molar-refractivity contribution in [1.29, 1.82) is 0 Å². The van der Waals surface area contributed by atoms with E-state index in [9.17, 15) is 0 Å². The van der Waals surface area contributed by atoms with Crippen LogP contribution >= 0.6 is 0 Å². The van der Waals surface area contributed by atoms with Gasteiger partial charge in [0, 0.05) is 17.8 Å². The topological polar surface area (TPSA) is 12.9 Å². The van der Waals surface area contributed by atoms with E-state index in [0.29, 0.717) is 0 Å². The highest BCUT2D eigenvalue weighted by atomic mass is 14.7. The Morgan fingerprint density at radius 3 is 2.69 bits per heavy atom. The van der Waals surface area contributed by atoms with Gasteiger partial charge in [-0.15, -0.1) is 0 Å². The van der Waals surface area contributed by atoms with Crippen molar-refractivity contribution < 1.29 is 0 Å². The molecule has 0 saturated heterocycles. The molecule has 87 valence electrons. The molecule has 2 atom stereocenters. The molecule has 1 aliphatic carbocycles. The van der Waals surface area contributed by atoms with Crippen LogP contribution in [0.2, 0.25) is 0 Å². The van der Waals surface area contributed by atoms with E-state index >= 15 is 0 Å². The Hall–Kier alpha value is -0.850. The fourth-order valence-electron chi connectivity index (χ4n) is 2.85. The van der Waals surface area contributed by atoms with Crippen LogP contribution in [0, 0.1) is 23.7 Å². The van der Waals surface area contributed by atoms with Crippen LogP contribution < -0.4 is 0 Å². The van der Waals surface area contributed by atoms with Crippen molar-refractivity contribution in [1.82, 2.24) is 4.98 Å². The van der Waals surface area contributed by atoms with E-state index in [-0.39, 0.29) is 0 Å². The summed E-state index contributed by atoms with van der Waals surface area (Å²) in [6, 6.07) is 6.27. The molecule has 1 nitrogen and oxygen atoms in total. The number of rotatable bonds is 2. The monoisotopic (exact) mass is 216 g/mol. The normalized spacial score (nSPS) is 27.2. The Balaban J connectivity index is 2.21. The maximum Gasteiger partial charge on any atom is 0.0477 e. The molecule has 1 fully saturated rings. The smallest absolute Gasteiger partial charge is 0.0477 e. The van der Waals surface area contributed by atoms with Gasteiger partial charge in [-0.1, -0.05) is 33.3 Å². The molecule has 0 bridgehead atoms. The number of hydrogen-bond acceptors (Lipinski definition) is 1. The van der Waals surface area contributed by atoms with Crippen LogP contribution in [0.1, 0.15) is 45.7 Å². The van der Waals surface area contributed by atoms with Crippen molar-refractivity contribution in [2.75, 3.05) is 0 Å². The van der Waals surface area contributed by atoms with E-state index in [4.69, 9.17) is 0 Å². The van der Waals surface area contributed by atoms with Gasteiger partial charge in [0.2, 0.25) is 0 Å². The Bertz CT molecular complexity index is 317. The second-order valence-electron chi connectivity index (χ2n) is 5.48. The van der Waals surface area contributed by atoms with Gasteiger partial charge in [0.25, 0.3) is 0 Å². The number of hydrogen-bond donors (Lipinski definition) is 0. The summed E-state index contributed by atoms with van der Waals surface area (Å²) in [5.41, 5.74) is 1.23. The molecule has 2 unspecified atom stereocenters. The molecule has 1 aromatic heterocycles. The van der Waals surface area contributed by atoms with Crippen molar-refractivity contribution in [3.8, 4) is 0 Å². The predicted octanol–water partition coefficient (Wildman–Crippen LogP) is 4.10. The fourth-order valence-corrected chi connectivity index (χ4v) is 2.85. The summed E-state index contributed by atoms with van der Waals surface area (Å²) in [5.74, 6) is 3.90. The molecule has 0 aliphatic heterocycles. The number of aromatic nitrogens is 1. The summed E-state index contributed by atoms with van der Waals surface area (Å²) in [4.78, 5) is 4.53. The quantitative estimate of drug-likeness (QED) is 0.725. The standard InChI is InChI=1S/C15H22N/c1-11(2)13-8-7-12(3)10-14(13)15-6-4-5-9-16-15/h4-6,9,11-13H,7-8,10H2,1-3H3. The average molecular weight is 216 g/mol. The second-order valence-corrected chi connectivity index (χ2v) is 5.48. The van der Waals surface area contributed by atoms with Crippen molar-refractivity contribution in [3.05, 3.63) is 36.0 Å². The molecule has 0 spiro atoms. The predicted molar refractivity (Wildman–Crippen MR) is 67.9 cm³/mol. The Labute approximate surface area is 99.3 Å². The summed E-state index contributed by atoms with van der Waals surface area (Å²) in [6.45, 7) is 7.03. The molecule has 16 heavy (non-hydrogen) atoms. The molecule has 1 aliphatic rings. The maximum atomic E-state index is 4.53. The van der Waals surface area contributed by atoms with Gasteiger partial charge in [-0.05, 0) is 42.7 Å². The fraction of sp³-hybridized carbons (Fsp3) is 0.600. The van der Waals surface area contributed by atoms with Crippen LogP contribution in [-0.4, -0.2) is 4.98 Å². The summed E-state index contributed by atoms with van der Waals surface area (Å²) >= 11 is 0. The molecule has 1 radical (unpaired) electrons. The molecule has 0 aromatic carbocycles. The van der Waals surface area contributed by atoms with Crippen molar-refractivity contribution >= 4 is 0 Å². The summed E-state index contributed by atoms with van der Waals surface area (Å²) in [6.07, 6.45) is 5.86. The average Bonchev–Trinajstić information content (AvgIpc) is 2.29. The van der Waals surface area contributed by atoms with Gasteiger partial charge in [0.15, 0.2) is 0 Å². The third-order valence-corrected chi connectivity index (χ3v) is 3.79. The first-order valence-electron chi connectivity index (χ1n) is 6.45. The zero-order valence-electron chi connectivity index (χ0n) is 10.6. The highest BCUT2D eigenvalue weighted by molar-refractivity contribution is 5.26. The van der Waals surface area contributed by atoms with Crippen LogP contribution in [0.15, 0.2) is 24.4 Å². The van der Waals surface area contributed by atoms with Gasteiger partial charge in [0.1, 0.15) is 0 Å². The Kier molecular flexibility index (Phi) is 3.63. The number of nitrogens with zero attached hydrogens (tertiary/aromatic N) is 1. The van der Waals surface area contributed by atoms with Crippen LogP contribution in [0.25, 0.3) is 0 Å². The number of pyridine rings is 1. The largest absolute Gasteiger partial charge is 0.261 e. The van der Waals surface area contributed by atoms with E-state index in [1.54, 1.807) is 5.92 Å². The van der Waals surface area contributed by atoms with E-state index in [1.807, 2.05) is 12.3 Å². The molecule has 1 aromatic rings. The minimum atomic E-state index is 0.740. The minimum Gasteiger partial charge on any atom is -0.261 e. The summed E-state index contributed by atoms with van der Waals surface area (Å²) < 4.78 is 0. The molecule has 1 heteroatoms. The van der Waals surface area contributed by atoms with E-state index in [2.05, 4.69) is 37.9 Å². The van der Waals surface area contributed by atoms with E-state index in [0.717, 1.165) is 17.8 Å². The van der Waals surface area contributed by atoms with Crippen LogP contribution in [0.3, 0.4) is 0 Å². The first-order chi connectivity index (χ1) is 7.68. The van der Waals surface area contributed by atoms with Crippen molar-refractivity contribution in [3.63, 3.8) is 0 Å². The highest BCUT2D eigenvalue weighted by Gasteiger charge is 2.32. The molecule has 0 amide bonds.